The van der Waals surface area contributed by atoms with Crippen molar-refractivity contribution in [3.05, 3.63) is 54.1 Å². The van der Waals surface area contributed by atoms with Crippen LogP contribution in [0.25, 0.3) is 0 Å². The van der Waals surface area contributed by atoms with Crippen LogP contribution in [-0.2, 0) is 13.1 Å². The van der Waals surface area contributed by atoms with Gasteiger partial charge in [-0.15, -0.1) is 24.0 Å². The summed E-state index contributed by atoms with van der Waals surface area (Å²) in [6.07, 6.45) is 7.95. The van der Waals surface area contributed by atoms with Gasteiger partial charge in [0.15, 0.2) is 5.96 Å². The second-order valence-corrected chi connectivity index (χ2v) is 5.26. The zero-order valence-corrected chi connectivity index (χ0v) is 16.2. The molecule has 0 radical (unpaired) electrons. The molecule has 2 aromatic rings. The number of aliphatic imine (C=N–C) groups is 1. The summed E-state index contributed by atoms with van der Waals surface area (Å²) in [5.74, 6) is 0.857. The molecular weight excluding hydrogens is 401 g/mol. The van der Waals surface area contributed by atoms with Crippen LogP contribution in [0.2, 0.25) is 0 Å². The van der Waals surface area contributed by atoms with Gasteiger partial charge in [-0.05, 0) is 17.5 Å². The molecule has 1 aromatic carbocycles. The van der Waals surface area contributed by atoms with Crippen LogP contribution in [0.4, 0.5) is 0 Å². The van der Waals surface area contributed by atoms with Crippen LogP contribution in [0.5, 0.6) is 0 Å². The Morgan fingerprint density at radius 1 is 1.17 bits per heavy atom. The molecule has 0 aliphatic carbocycles. The Morgan fingerprint density at radius 2 is 1.91 bits per heavy atom. The molecule has 0 aliphatic rings. The minimum atomic E-state index is 0. The molecule has 126 valence electrons. The highest BCUT2D eigenvalue weighted by Crippen LogP contribution is 2.06. The predicted octanol–water partition coefficient (Wildman–Crippen LogP) is 3.01. The van der Waals surface area contributed by atoms with Gasteiger partial charge in [0, 0.05) is 39.1 Å². The average Bonchev–Trinajstić information content (AvgIpc) is 3.05. The predicted molar refractivity (Wildman–Crippen MR) is 106 cm³/mol. The third-order valence-electron chi connectivity index (χ3n) is 3.45. The van der Waals surface area contributed by atoms with E-state index in [9.17, 15) is 0 Å². The van der Waals surface area contributed by atoms with Crippen molar-refractivity contribution >= 4 is 29.9 Å². The van der Waals surface area contributed by atoms with E-state index < -0.39 is 0 Å². The largest absolute Gasteiger partial charge is 0.356 e. The molecule has 0 atom stereocenters. The van der Waals surface area contributed by atoms with Crippen LogP contribution in [0.15, 0.2) is 48.0 Å². The van der Waals surface area contributed by atoms with E-state index >= 15 is 0 Å². The molecule has 1 aromatic heterocycles. The number of nitrogens with zero attached hydrogens (tertiary/aromatic N) is 3. The Hall–Kier alpha value is -1.57. The van der Waals surface area contributed by atoms with E-state index in [2.05, 4.69) is 56.4 Å². The molecule has 0 aliphatic heterocycles. The van der Waals surface area contributed by atoms with Gasteiger partial charge in [-0.3, -0.25) is 4.99 Å². The summed E-state index contributed by atoms with van der Waals surface area (Å²) in [4.78, 5) is 8.28. The topological polar surface area (TPSA) is 54.2 Å². The third-order valence-corrected chi connectivity index (χ3v) is 3.45. The summed E-state index contributed by atoms with van der Waals surface area (Å²) in [5, 5.41) is 6.64. The monoisotopic (exact) mass is 427 g/mol. The molecule has 0 spiro atoms. The summed E-state index contributed by atoms with van der Waals surface area (Å²) in [6.45, 7) is 4.77. The van der Waals surface area contributed by atoms with E-state index in [1.807, 2.05) is 12.5 Å². The van der Waals surface area contributed by atoms with Gasteiger partial charge >= 0.3 is 0 Å². The molecule has 23 heavy (non-hydrogen) atoms. The Bertz CT molecular complexity index is 563. The van der Waals surface area contributed by atoms with E-state index in [-0.39, 0.29) is 24.0 Å². The van der Waals surface area contributed by atoms with Crippen LogP contribution in [0, 0.1) is 0 Å². The van der Waals surface area contributed by atoms with Gasteiger partial charge in [0.2, 0.25) is 0 Å². The fraction of sp³-hybridized carbons (Fsp3) is 0.412. The second-order valence-electron chi connectivity index (χ2n) is 5.26. The Balaban J connectivity index is 0.00000264. The van der Waals surface area contributed by atoms with Gasteiger partial charge in [-0.1, -0.05) is 37.6 Å². The highest BCUT2D eigenvalue weighted by molar-refractivity contribution is 14.0. The van der Waals surface area contributed by atoms with Crippen LogP contribution in [0.1, 0.15) is 30.9 Å². The van der Waals surface area contributed by atoms with Crippen molar-refractivity contribution in [3.63, 3.8) is 0 Å². The van der Waals surface area contributed by atoms with E-state index in [0.29, 0.717) is 0 Å². The van der Waals surface area contributed by atoms with E-state index in [1.54, 1.807) is 13.2 Å². The van der Waals surface area contributed by atoms with Crippen LogP contribution >= 0.6 is 24.0 Å². The number of hydrogen-bond acceptors (Lipinski definition) is 2. The van der Waals surface area contributed by atoms with Crippen molar-refractivity contribution in [2.45, 2.75) is 32.9 Å². The molecule has 2 rings (SSSR count). The van der Waals surface area contributed by atoms with Gasteiger partial charge in [-0.2, -0.15) is 0 Å². The molecule has 0 unspecified atom stereocenters. The zero-order chi connectivity index (χ0) is 15.6. The van der Waals surface area contributed by atoms with Gasteiger partial charge in [0.25, 0.3) is 0 Å². The lowest BCUT2D eigenvalue weighted by atomic mass is 10.1. The number of guanidine groups is 1. The number of aromatic nitrogens is 2. The molecule has 0 saturated carbocycles. The number of unbranched alkanes of at least 4 members (excludes halogenated alkanes) is 1. The first-order valence-corrected chi connectivity index (χ1v) is 7.80. The summed E-state index contributed by atoms with van der Waals surface area (Å²) < 4.78 is 2.06. The van der Waals surface area contributed by atoms with Crippen molar-refractivity contribution < 1.29 is 0 Å². The number of halogens is 1. The molecule has 0 fully saturated rings. The standard InChI is InChI=1S/C17H25N5.HI/c1-3-4-9-20-17(18-2)21-12-15-5-7-16(8-6-15)13-22-11-10-19-14-22;/h5-8,10-11,14H,3-4,9,12-13H2,1-2H3,(H2,18,20,21);1H. The van der Waals surface area contributed by atoms with Crippen molar-refractivity contribution in [1.82, 2.24) is 20.2 Å². The molecule has 6 heteroatoms. The van der Waals surface area contributed by atoms with Crippen LogP contribution in [-0.4, -0.2) is 29.1 Å². The normalized spacial score (nSPS) is 11.0. The molecule has 2 N–H and O–H groups in total. The first-order chi connectivity index (χ1) is 10.8. The van der Waals surface area contributed by atoms with Gasteiger partial charge in [0.05, 0.1) is 6.33 Å². The van der Waals surface area contributed by atoms with Crippen molar-refractivity contribution in [2.75, 3.05) is 13.6 Å². The fourth-order valence-corrected chi connectivity index (χ4v) is 2.14. The Labute approximate surface area is 155 Å². The summed E-state index contributed by atoms with van der Waals surface area (Å²) in [6, 6.07) is 8.62. The quantitative estimate of drug-likeness (QED) is 0.309. The minimum absolute atomic E-state index is 0. The second kappa shape index (κ2) is 11.0. The number of imidazole rings is 1. The molecular formula is C17H26IN5. The maximum absolute atomic E-state index is 4.23. The maximum atomic E-state index is 4.23. The number of benzene rings is 1. The van der Waals surface area contributed by atoms with Crippen LogP contribution in [0.3, 0.4) is 0 Å². The highest BCUT2D eigenvalue weighted by atomic mass is 127. The lowest BCUT2D eigenvalue weighted by Gasteiger charge is -2.12. The molecule has 0 saturated heterocycles. The number of hydrogen-bond donors (Lipinski definition) is 2. The summed E-state index contributed by atoms with van der Waals surface area (Å²) in [5.41, 5.74) is 2.51. The average molecular weight is 427 g/mol. The fourth-order valence-electron chi connectivity index (χ4n) is 2.14. The first kappa shape index (κ1) is 19.5. The third kappa shape index (κ3) is 7.02. The van der Waals surface area contributed by atoms with E-state index in [1.165, 1.54) is 17.5 Å². The highest BCUT2D eigenvalue weighted by Gasteiger charge is 1.99. The molecule has 0 bridgehead atoms. The maximum Gasteiger partial charge on any atom is 0.191 e. The Kier molecular flexibility index (Phi) is 9.35. The van der Waals surface area contributed by atoms with Crippen molar-refractivity contribution in [3.8, 4) is 0 Å². The molecule has 5 nitrogen and oxygen atoms in total. The van der Waals surface area contributed by atoms with E-state index in [4.69, 9.17) is 0 Å². The number of rotatable bonds is 7. The summed E-state index contributed by atoms with van der Waals surface area (Å²) >= 11 is 0. The SMILES string of the molecule is CCCCNC(=NC)NCc1ccc(Cn2ccnc2)cc1.I. The Morgan fingerprint density at radius 3 is 2.52 bits per heavy atom. The lowest BCUT2D eigenvalue weighted by Crippen LogP contribution is -2.37. The molecule has 0 amide bonds. The smallest absolute Gasteiger partial charge is 0.191 e. The van der Waals surface area contributed by atoms with E-state index in [0.717, 1.165) is 32.0 Å². The lowest BCUT2D eigenvalue weighted by molar-refractivity contribution is 0.728. The van der Waals surface area contributed by atoms with Gasteiger partial charge in [-0.25, -0.2) is 4.98 Å². The van der Waals surface area contributed by atoms with Crippen molar-refractivity contribution in [1.29, 1.82) is 0 Å². The number of nitrogens with one attached hydrogen (secondary N) is 2. The van der Waals surface area contributed by atoms with Crippen LogP contribution < -0.4 is 10.6 Å². The van der Waals surface area contributed by atoms with Gasteiger partial charge in [0.1, 0.15) is 0 Å². The first-order valence-electron chi connectivity index (χ1n) is 7.80. The molecule has 1 heterocycles. The minimum Gasteiger partial charge on any atom is -0.356 e. The van der Waals surface area contributed by atoms with Crippen molar-refractivity contribution in [2.24, 2.45) is 4.99 Å². The summed E-state index contributed by atoms with van der Waals surface area (Å²) in [7, 11) is 1.80. The van der Waals surface area contributed by atoms with Gasteiger partial charge < -0.3 is 15.2 Å². The zero-order valence-electron chi connectivity index (χ0n) is 13.8.